The van der Waals surface area contributed by atoms with Gasteiger partial charge in [-0.1, -0.05) is 0 Å². The number of rotatable bonds is 4. The van der Waals surface area contributed by atoms with Crippen molar-refractivity contribution in [2.75, 3.05) is 19.5 Å². The van der Waals surface area contributed by atoms with Crippen LogP contribution in [-0.4, -0.2) is 24.7 Å². The fraction of sp³-hybridized carbons (Fsp3) is 0.400. The van der Waals surface area contributed by atoms with Crippen molar-refractivity contribution < 1.29 is 14.3 Å². The topological polar surface area (TPSA) is 74.4 Å². The van der Waals surface area contributed by atoms with E-state index in [2.05, 4.69) is 4.98 Å². The standard InChI is InChI=1S/C10H14N2O3/c1-3-15-9(13)6-7-4-5-8(14-2)12-10(7)11/h4-5H,3,6H2,1-2H3,(H2,11,12). The molecule has 0 bridgehead atoms. The van der Waals surface area contributed by atoms with Gasteiger partial charge in [-0.05, 0) is 13.0 Å². The fourth-order valence-corrected chi connectivity index (χ4v) is 1.12. The second-order valence-electron chi connectivity index (χ2n) is 2.88. The fourth-order valence-electron chi connectivity index (χ4n) is 1.12. The number of anilines is 1. The number of methoxy groups -OCH3 is 1. The first-order valence-electron chi connectivity index (χ1n) is 4.62. The summed E-state index contributed by atoms with van der Waals surface area (Å²) in [6.07, 6.45) is 0.136. The Morgan fingerprint density at radius 2 is 2.27 bits per heavy atom. The quantitative estimate of drug-likeness (QED) is 0.743. The van der Waals surface area contributed by atoms with Crippen molar-refractivity contribution in [1.29, 1.82) is 0 Å². The van der Waals surface area contributed by atoms with Gasteiger partial charge in [-0.15, -0.1) is 0 Å². The van der Waals surface area contributed by atoms with E-state index in [9.17, 15) is 4.79 Å². The number of aromatic nitrogens is 1. The Balaban J connectivity index is 2.73. The molecule has 0 unspecified atom stereocenters. The molecule has 1 rings (SSSR count). The smallest absolute Gasteiger partial charge is 0.310 e. The minimum atomic E-state index is -0.309. The Kier molecular flexibility index (Phi) is 3.91. The van der Waals surface area contributed by atoms with E-state index in [1.165, 1.54) is 7.11 Å². The van der Waals surface area contributed by atoms with Crippen LogP contribution in [0.25, 0.3) is 0 Å². The number of hydrogen-bond donors (Lipinski definition) is 1. The molecule has 15 heavy (non-hydrogen) atoms. The highest BCUT2D eigenvalue weighted by Crippen LogP contribution is 2.15. The Bertz CT molecular complexity index is 353. The van der Waals surface area contributed by atoms with Gasteiger partial charge in [0.05, 0.1) is 20.1 Å². The van der Waals surface area contributed by atoms with Gasteiger partial charge in [0.2, 0.25) is 5.88 Å². The van der Waals surface area contributed by atoms with Crippen molar-refractivity contribution in [3.8, 4) is 5.88 Å². The van der Waals surface area contributed by atoms with Crippen LogP contribution in [0.5, 0.6) is 5.88 Å². The maximum atomic E-state index is 11.2. The first-order valence-corrected chi connectivity index (χ1v) is 4.62. The highest BCUT2D eigenvalue weighted by molar-refractivity contribution is 5.74. The number of nitrogen functional groups attached to an aromatic ring is 1. The molecule has 0 fully saturated rings. The molecule has 0 saturated heterocycles. The summed E-state index contributed by atoms with van der Waals surface area (Å²) < 4.78 is 9.70. The molecular formula is C10H14N2O3. The normalized spacial score (nSPS) is 9.73. The molecule has 1 aromatic rings. The summed E-state index contributed by atoms with van der Waals surface area (Å²) in [6.45, 7) is 2.12. The molecule has 1 heterocycles. The van der Waals surface area contributed by atoms with Crippen LogP contribution in [0.2, 0.25) is 0 Å². The largest absolute Gasteiger partial charge is 0.481 e. The first-order chi connectivity index (χ1) is 7.17. The minimum Gasteiger partial charge on any atom is -0.481 e. The number of hydrogen-bond acceptors (Lipinski definition) is 5. The monoisotopic (exact) mass is 210 g/mol. The molecule has 0 spiro atoms. The first kappa shape index (κ1) is 11.3. The van der Waals surface area contributed by atoms with E-state index in [0.29, 0.717) is 23.9 Å². The summed E-state index contributed by atoms with van der Waals surface area (Å²) in [5, 5.41) is 0. The van der Waals surface area contributed by atoms with Crippen LogP contribution in [-0.2, 0) is 16.0 Å². The Hall–Kier alpha value is -1.78. The number of esters is 1. The van der Waals surface area contributed by atoms with Crippen molar-refractivity contribution >= 4 is 11.8 Å². The number of nitrogens with two attached hydrogens (primary N) is 1. The molecule has 0 aromatic carbocycles. The third-order valence-electron chi connectivity index (χ3n) is 1.84. The highest BCUT2D eigenvalue weighted by Gasteiger charge is 2.08. The number of ether oxygens (including phenoxy) is 2. The molecule has 0 saturated carbocycles. The van der Waals surface area contributed by atoms with Crippen LogP contribution in [0.15, 0.2) is 12.1 Å². The van der Waals surface area contributed by atoms with Gasteiger partial charge in [-0.3, -0.25) is 4.79 Å². The molecule has 0 aliphatic rings. The number of carbonyl (C=O) groups is 1. The van der Waals surface area contributed by atoms with Crippen molar-refractivity contribution in [3.63, 3.8) is 0 Å². The molecule has 82 valence electrons. The van der Waals surface area contributed by atoms with E-state index in [-0.39, 0.29) is 12.4 Å². The van der Waals surface area contributed by atoms with E-state index in [4.69, 9.17) is 15.2 Å². The summed E-state index contributed by atoms with van der Waals surface area (Å²) in [5.41, 5.74) is 6.29. The van der Waals surface area contributed by atoms with Crippen LogP contribution in [0.3, 0.4) is 0 Å². The van der Waals surface area contributed by atoms with Crippen molar-refractivity contribution in [3.05, 3.63) is 17.7 Å². The van der Waals surface area contributed by atoms with E-state index < -0.39 is 0 Å². The number of nitrogens with zero attached hydrogens (tertiary/aromatic N) is 1. The van der Waals surface area contributed by atoms with Crippen LogP contribution < -0.4 is 10.5 Å². The van der Waals surface area contributed by atoms with Gasteiger partial charge >= 0.3 is 5.97 Å². The Morgan fingerprint density at radius 3 is 2.80 bits per heavy atom. The van der Waals surface area contributed by atoms with Gasteiger partial charge in [0.1, 0.15) is 5.82 Å². The zero-order chi connectivity index (χ0) is 11.3. The van der Waals surface area contributed by atoms with Crippen molar-refractivity contribution in [2.45, 2.75) is 13.3 Å². The SMILES string of the molecule is CCOC(=O)Cc1ccc(OC)nc1N. The molecule has 0 amide bonds. The maximum absolute atomic E-state index is 11.2. The predicted molar refractivity (Wildman–Crippen MR) is 55.5 cm³/mol. The van der Waals surface area contributed by atoms with Crippen LogP contribution in [0, 0.1) is 0 Å². The average molecular weight is 210 g/mol. The maximum Gasteiger partial charge on any atom is 0.310 e. The number of carbonyl (C=O) groups excluding carboxylic acids is 1. The highest BCUT2D eigenvalue weighted by atomic mass is 16.5. The van der Waals surface area contributed by atoms with Crippen molar-refractivity contribution in [1.82, 2.24) is 4.98 Å². The van der Waals surface area contributed by atoms with Gasteiger partial charge in [-0.2, -0.15) is 4.98 Å². The summed E-state index contributed by atoms with van der Waals surface area (Å²) in [4.78, 5) is 15.1. The lowest BCUT2D eigenvalue weighted by molar-refractivity contribution is -0.142. The molecule has 0 atom stereocenters. The van der Waals surface area contributed by atoms with Gasteiger partial charge < -0.3 is 15.2 Å². The lowest BCUT2D eigenvalue weighted by atomic mass is 10.2. The average Bonchev–Trinajstić information content (AvgIpc) is 2.21. The van der Waals surface area contributed by atoms with E-state index in [1.54, 1.807) is 19.1 Å². The van der Waals surface area contributed by atoms with E-state index in [0.717, 1.165) is 0 Å². The van der Waals surface area contributed by atoms with Crippen LogP contribution >= 0.6 is 0 Å². The van der Waals surface area contributed by atoms with Gasteiger partial charge in [-0.25, -0.2) is 0 Å². The number of pyridine rings is 1. The molecule has 0 radical (unpaired) electrons. The summed E-state index contributed by atoms with van der Waals surface area (Å²) >= 11 is 0. The molecule has 0 aliphatic carbocycles. The summed E-state index contributed by atoms with van der Waals surface area (Å²) in [6, 6.07) is 3.36. The van der Waals surface area contributed by atoms with Gasteiger partial charge in [0, 0.05) is 11.6 Å². The van der Waals surface area contributed by atoms with Gasteiger partial charge in [0.15, 0.2) is 0 Å². The minimum absolute atomic E-state index is 0.136. The second kappa shape index (κ2) is 5.19. The third-order valence-corrected chi connectivity index (χ3v) is 1.84. The van der Waals surface area contributed by atoms with Crippen LogP contribution in [0.1, 0.15) is 12.5 Å². The van der Waals surface area contributed by atoms with E-state index >= 15 is 0 Å². The molecule has 0 aliphatic heterocycles. The van der Waals surface area contributed by atoms with Crippen LogP contribution in [0.4, 0.5) is 5.82 Å². The molecule has 5 heteroatoms. The lowest BCUT2D eigenvalue weighted by Crippen LogP contribution is -2.10. The Morgan fingerprint density at radius 1 is 1.53 bits per heavy atom. The van der Waals surface area contributed by atoms with E-state index in [1.807, 2.05) is 0 Å². The molecule has 1 aromatic heterocycles. The third kappa shape index (κ3) is 3.12. The molecule has 5 nitrogen and oxygen atoms in total. The predicted octanol–water partition coefficient (Wildman–Crippen LogP) is 0.778. The summed E-state index contributed by atoms with van der Waals surface area (Å²) in [5.74, 6) is 0.415. The zero-order valence-electron chi connectivity index (χ0n) is 8.82. The second-order valence-corrected chi connectivity index (χ2v) is 2.88. The van der Waals surface area contributed by atoms with Crippen molar-refractivity contribution in [2.24, 2.45) is 0 Å². The summed E-state index contributed by atoms with van der Waals surface area (Å²) in [7, 11) is 1.51. The lowest BCUT2D eigenvalue weighted by Gasteiger charge is -2.06. The Labute approximate surface area is 88.2 Å². The zero-order valence-corrected chi connectivity index (χ0v) is 8.82. The molecular weight excluding hydrogens is 196 g/mol. The van der Waals surface area contributed by atoms with Gasteiger partial charge in [0.25, 0.3) is 0 Å². The molecule has 2 N–H and O–H groups in total.